The van der Waals surface area contributed by atoms with Gasteiger partial charge in [-0.2, -0.15) is 4.98 Å². The molecule has 108 valence electrons. The minimum Gasteiger partial charge on any atom is -0.351 e. The minimum absolute atomic E-state index is 0.0574. The van der Waals surface area contributed by atoms with Crippen molar-refractivity contribution >= 4 is 17.2 Å². The molecule has 0 unspecified atom stereocenters. The predicted octanol–water partition coefficient (Wildman–Crippen LogP) is 2.89. The van der Waals surface area contributed by atoms with E-state index < -0.39 is 0 Å². The van der Waals surface area contributed by atoms with Crippen molar-refractivity contribution in [3.05, 3.63) is 34.1 Å². The number of carbonyl (C=O) groups is 1. The van der Waals surface area contributed by atoms with Gasteiger partial charge in [0.05, 0.1) is 6.54 Å². The molecule has 0 saturated carbocycles. The SMILES string of the molecule is CC(C)c1noc(CCCC(=O)NCc2cccs2)n1. The first-order valence-electron chi connectivity index (χ1n) is 6.76. The van der Waals surface area contributed by atoms with Crippen molar-refractivity contribution in [3.8, 4) is 0 Å². The molecule has 0 radical (unpaired) electrons. The molecule has 2 aromatic heterocycles. The molecule has 0 aliphatic carbocycles. The molecule has 0 spiro atoms. The van der Waals surface area contributed by atoms with Gasteiger partial charge in [-0.3, -0.25) is 4.79 Å². The van der Waals surface area contributed by atoms with E-state index in [1.54, 1.807) is 11.3 Å². The standard InChI is InChI=1S/C14H19N3O2S/c1-10(2)14-16-13(19-17-14)7-3-6-12(18)15-9-11-5-4-8-20-11/h4-5,8,10H,3,6-7,9H2,1-2H3,(H,15,18). The van der Waals surface area contributed by atoms with E-state index in [1.807, 2.05) is 31.4 Å². The Labute approximate surface area is 122 Å². The normalized spacial score (nSPS) is 10.9. The Kier molecular flexibility index (Phi) is 5.29. The van der Waals surface area contributed by atoms with Crippen molar-refractivity contribution in [1.29, 1.82) is 0 Å². The summed E-state index contributed by atoms with van der Waals surface area (Å²) in [6.07, 6.45) is 1.84. The molecule has 2 heterocycles. The molecule has 20 heavy (non-hydrogen) atoms. The van der Waals surface area contributed by atoms with Crippen LogP contribution in [0.15, 0.2) is 22.0 Å². The molecule has 0 atom stereocenters. The predicted molar refractivity (Wildman–Crippen MR) is 77.5 cm³/mol. The summed E-state index contributed by atoms with van der Waals surface area (Å²) < 4.78 is 5.14. The number of aromatic nitrogens is 2. The molecule has 0 aliphatic heterocycles. The second-order valence-electron chi connectivity index (χ2n) is 4.91. The summed E-state index contributed by atoms with van der Waals surface area (Å²) in [6, 6.07) is 3.99. The lowest BCUT2D eigenvalue weighted by molar-refractivity contribution is -0.121. The maximum Gasteiger partial charge on any atom is 0.226 e. The summed E-state index contributed by atoms with van der Waals surface area (Å²) in [6.45, 7) is 4.65. The second-order valence-corrected chi connectivity index (χ2v) is 5.94. The molecule has 1 amide bonds. The molecule has 5 nitrogen and oxygen atoms in total. The fourth-order valence-electron chi connectivity index (χ4n) is 1.69. The molecule has 0 aromatic carbocycles. The van der Waals surface area contributed by atoms with Crippen LogP contribution in [0.1, 0.15) is 49.2 Å². The van der Waals surface area contributed by atoms with Gasteiger partial charge in [0.15, 0.2) is 5.82 Å². The zero-order chi connectivity index (χ0) is 14.4. The highest BCUT2D eigenvalue weighted by Crippen LogP contribution is 2.11. The van der Waals surface area contributed by atoms with Gasteiger partial charge < -0.3 is 9.84 Å². The number of nitrogens with zero attached hydrogens (tertiary/aromatic N) is 2. The molecule has 0 saturated heterocycles. The number of rotatable bonds is 7. The molecule has 2 rings (SSSR count). The maximum absolute atomic E-state index is 11.7. The minimum atomic E-state index is 0.0574. The molecular weight excluding hydrogens is 274 g/mol. The van der Waals surface area contributed by atoms with Crippen molar-refractivity contribution < 1.29 is 9.32 Å². The number of carbonyl (C=O) groups excluding carboxylic acids is 1. The fourth-order valence-corrected chi connectivity index (χ4v) is 2.34. The van der Waals surface area contributed by atoms with E-state index in [0.29, 0.717) is 25.3 Å². The van der Waals surface area contributed by atoms with Crippen LogP contribution in [0.2, 0.25) is 0 Å². The van der Waals surface area contributed by atoms with Gasteiger partial charge in [0.2, 0.25) is 11.8 Å². The third kappa shape index (κ3) is 4.45. The van der Waals surface area contributed by atoms with E-state index in [4.69, 9.17) is 4.52 Å². The van der Waals surface area contributed by atoms with Crippen LogP contribution in [0, 0.1) is 0 Å². The number of nitrogens with one attached hydrogen (secondary N) is 1. The van der Waals surface area contributed by atoms with Gasteiger partial charge in [-0.05, 0) is 17.9 Å². The Morgan fingerprint density at radius 1 is 1.50 bits per heavy atom. The number of hydrogen-bond acceptors (Lipinski definition) is 5. The van der Waals surface area contributed by atoms with Crippen LogP contribution in [0.5, 0.6) is 0 Å². The first-order valence-corrected chi connectivity index (χ1v) is 7.64. The van der Waals surface area contributed by atoms with Crippen molar-refractivity contribution in [2.75, 3.05) is 0 Å². The summed E-state index contributed by atoms with van der Waals surface area (Å²) in [5, 5.41) is 8.80. The van der Waals surface area contributed by atoms with Crippen molar-refractivity contribution in [1.82, 2.24) is 15.5 Å². The molecule has 1 N–H and O–H groups in total. The molecule has 2 aromatic rings. The quantitative estimate of drug-likeness (QED) is 0.852. The summed E-state index contributed by atoms with van der Waals surface area (Å²) >= 11 is 1.64. The van der Waals surface area contributed by atoms with E-state index in [0.717, 1.165) is 17.1 Å². The lowest BCUT2D eigenvalue weighted by atomic mass is 10.2. The molecule has 0 aliphatic rings. The summed E-state index contributed by atoms with van der Waals surface area (Å²) in [5.41, 5.74) is 0. The highest BCUT2D eigenvalue weighted by molar-refractivity contribution is 7.09. The molecule has 0 fully saturated rings. The van der Waals surface area contributed by atoms with E-state index in [1.165, 1.54) is 0 Å². The third-order valence-corrected chi connectivity index (χ3v) is 3.71. The van der Waals surface area contributed by atoms with Gasteiger partial charge >= 0.3 is 0 Å². The topological polar surface area (TPSA) is 68.0 Å². The number of aryl methyl sites for hydroxylation is 1. The zero-order valence-corrected chi connectivity index (χ0v) is 12.6. The Morgan fingerprint density at radius 3 is 3.00 bits per heavy atom. The van der Waals surface area contributed by atoms with Gasteiger partial charge in [0, 0.05) is 23.6 Å². The fraction of sp³-hybridized carbons (Fsp3) is 0.500. The van der Waals surface area contributed by atoms with Crippen LogP contribution < -0.4 is 5.32 Å². The van der Waals surface area contributed by atoms with Crippen LogP contribution in [0.25, 0.3) is 0 Å². The van der Waals surface area contributed by atoms with Crippen molar-refractivity contribution in [2.45, 2.75) is 45.6 Å². The van der Waals surface area contributed by atoms with E-state index in [-0.39, 0.29) is 11.8 Å². The lowest BCUT2D eigenvalue weighted by Crippen LogP contribution is -2.21. The van der Waals surface area contributed by atoms with Crippen molar-refractivity contribution in [2.24, 2.45) is 0 Å². The Hall–Kier alpha value is -1.69. The Balaban J connectivity index is 1.65. The largest absolute Gasteiger partial charge is 0.351 e. The second kappa shape index (κ2) is 7.19. The summed E-state index contributed by atoms with van der Waals surface area (Å²) in [5.74, 6) is 1.66. The van der Waals surface area contributed by atoms with Gasteiger partial charge in [0.1, 0.15) is 0 Å². The van der Waals surface area contributed by atoms with Crippen molar-refractivity contribution in [3.63, 3.8) is 0 Å². The summed E-state index contributed by atoms with van der Waals surface area (Å²) in [7, 11) is 0. The van der Waals surface area contributed by atoms with Crippen LogP contribution in [0.4, 0.5) is 0 Å². The van der Waals surface area contributed by atoms with E-state index in [2.05, 4.69) is 15.5 Å². The first kappa shape index (κ1) is 14.7. The molecule has 0 bridgehead atoms. The van der Waals surface area contributed by atoms with Crippen LogP contribution in [-0.4, -0.2) is 16.0 Å². The maximum atomic E-state index is 11.7. The highest BCUT2D eigenvalue weighted by Gasteiger charge is 2.10. The average molecular weight is 293 g/mol. The van der Waals surface area contributed by atoms with Crippen LogP contribution in [0.3, 0.4) is 0 Å². The smallest absolute Gasteiger partial charge is 0.226 e. The monoisotopic (exact) mass is 293 g/mol. The van der Waals surface area contributed by atoms with E-state index in [9.17, 15) is 4.79 Å². The molecular formula is C14H19N3O2S. The lowest BCUT2D eigenvalue weighted by Gasteiger charge is -2.02. The Morgan fingerprint density at radius 2 is 2.35 bits per heavy atom. The van der Waals surface area contributed by atoms with Gasteiger partial charge in [-0.15, -0.1) is 11.3 Å². The third-order valence-electron chi connectivity index (χ3n) is 2.83. The van der Waals surface area contributed by atoms with E-state index >= 15 is 0 Å². The number of amides is 1. The molecule has 6 heteroatoms. The average Bonchev–Trinajstić information content (AvgIpc) is 3.07. The van der Waals surface area contributed by atoms with Gasteiger partial charge in [-0.25, -0.2) is 0 Å². The van der Waals surface area contributed by atoms with Gasteiger partial charge in [-0.1, -0.05) is 25.1 Å². The zero-order valence-electron chi connectivity index (χ0n) is 11.8. The van der Waals surface area contributed by atoms with Crippen LogP contribution >= 0.6 is 11.3 Å². The Bertz CT molecular complexity index is 534. The number of hydrogen-bond donors (Lipinski definition) is 1. The summed E-state index contributed by atoms with van der Waals surface area (Å²) in [4.78, 5) is 17.1. The highest BCUT2D eigenvalue weighted by atomic mass is 32.1. The first-order chi connectivity index (χ1) is 9.65. The van der Waals surface area contributed by atoms with Gasteiger partial charge in [0.25, 0.3) is 0 Å². The number of thiophene rings is 1. The van der Waals surface area contributed by atoms with Crippen LogP contribution in [-0.2, 0) is 17.8 Å².